The molecular formula is C16H14N4O. The predicted molar refractivity (Wildman–Crippen MR) is 79.8 cm³/mol. The number of para-hydroxylation sites is 1. The number of hydrogen-bond donors (Lipinski definition) is 1. The van der Waals surface area contributed by atoms with E-state index < -0.39 is 0 Å². The normalized spacial score (nSPS) is 10.5. The minimum absolute atomic E-state index is 0.212. The molecule has 0 spiro atoms. The lowest BCUT2D eigenvalue weighted by atomic mass is 10.1. The first-order chi connectivity index (χ1) is 10.3. The fraction of sp³-hybridized carbons (Fsp3) is 0.125. The summed E-state index contributed by atoms with van der Waals surface area (Å²) in [4.78, 5) is 24.1. The molecular weight excluding hydrogens is 264 g/mol. The van der Waals surface area contributed by atoms with Gasteiger partial charge in [-0.15, -0.1) is 0 Å². The number of amides is 1. The van der Waals surface area contributed by atoms with Crippen LogP contribution in [0.25, 0.3) is 10.9 Å². The number of pyridine rings is 1. The lowest BCUT2D eigenvalue weighted by Gasteiger charge is -2.07. The van der Waals surface area contributed by atoms with Crippen LogP contribution in [-0.4, -0.2) is 27.4 Å². The van der Waals surface area contributed by atoms with Crippen LogP contribution in [0.2, 0.25) is 0 Å². The number of carbonyl (C=O) groups excluding carboxylic acids is 1. The monoisotopic (exact) mass is 278 g/mol. The van der Waals surface area contributed by atoms with Crippen LogP contribution >= 0.6 is 0 Å². The van der Waals surface area contributed by atoms with Gasteiger partial charge in [-0.05, 0) is 18.1 Å². The summed E-state index contributed by atoms with van der Waals surface area (Å²) in [6, 6.07) is 10.0. The number of aromatic nitrogens is 3. The van der Waals surface area contributed by atoms with Crippen molar-refractivity contribution in [3.63, 3.8) is 0 Å². The fourth-order valence-electron chi connectivity index (χ4n) is 2.19. The van der Waals surface area contributed by atoms with Gasteiger partial charge in [0, 0.05) is 30.5 Å². The molecule has 1 N–H and O–H groups in total. The summed E-state index contributed by atoms with van der Waals surface area (Å²) in [5.74, 6) is -0.212. The van der Waals surface area contributed by atoms with E-state index in [2.05, 4.69) is 20.3 Å². The highest BCUT2D eigenvalue weighted by Gasteiger charge is 2.07. The Morgan fingerprint density at radius 3 is 2.81 bits per heavy atom. The number of nitrogens with zero attached hydrogens (tertiary/aromatic N) is 3. The molecule has 0 saturated heterocycles. The van der Waals surface area contributed by atoms with Crippen LogP contribution in [0.15, 0.2) is 55.1 Å². The van der Waals surface area contributed by atoms with Crippen LogP contribution in [0, 0.1) is 0 Å². The zero-order valence-corrected chi connectivity index (χ0v) is 11.4. The van der Waals surface area contributed by atoms with Gasteiger partial charge in [-0.2, -0.15) is 0 Å². The predicted octanol–water partition coefficient (Wildman–Crippen LogP) is 2.00. The zero-order chi connectivity index (χ0) is 14.5. The average Bonchev–Trinajstić information content (AvgIpc) is 2.56. The highest BCUT2D eigenvalue weighted by Crippen LogP contribution is 2.15. The maximum absolute atomic E-state index is 11.9. The Kier molecular flexibility index (Phi) is 3.82. The smallest absolute Gasteiger partial charge is 0.271 e. The Hall–Kier alpha value is -2.82. The third kappa shape index (κ3) is 3.02. The SMILES string of the molecule is O=C(NCCc1cccc2cccnc12)c1cnccn1. The van der Waals surface area contributed by atoms with Crippen molar-refractivity contribution in [2.45, 2.75) is 6.42 Å². The quantitative estimate of drug-likeness (QED) is 0.792. The van der Waals surface area contributed by atoms with E-state index in [-0.39, 0.29) is 5.91 Å². The van der Waals surface area contributed by atoms with Gasteiger partial charge in [0.25, 0.3) is 5.91 Å². The summed E-state index contributed by atoms with van der Waals surface area (Å²) in [5.41, 5.74) is 2.43. The standard InChI is InChI=1S/C16H14N4O/c21-16(14-11-17-9-10-18-14)20-8-6-13-4-1-3-12-5-2-7-19-15(12)13/h1-5,7,9-11H,6,8H2,(H,20,21). The molecule has 0 saturated carbocycles. The average molecular weight is 278 g/mol. The molecule has 1 amide bonds. The number of rotatable bonds is 4. The summed E-state index contributed by atoms with van der Waals surface area (Å²) >= 11 is 0. The Labute approximate surface area is 122 Å². The number of carbonyl (C=O) groups is 1. The van der Waals surface area contributed by atoms with Crippen molar-refractivity contribution < 1.29 is 4.79 Å². The Bertz CT molecular complexity index is 753. The summed E-state index contributed by atoms with van der Waals surface area (Å²) < 4.78 is 0. The van der Waals surface area contributed by atoms with Crippen LogP contribution in [0.5, 0.6) is 0 Å². The molecule has 3 rings (SSSR count). The summed E-state index contributed by atoms with van der Waals surface area (Å²) in [6.45, 7) is 0.533. The van der Waals surface area contributed by atoms with E-state index in [1.54, 1.807) is 12.4 Å². The summed E-state index contributed by atoms with van der Waals surface area (Å²) in [7, 11) is 0. The molecule has 2 aromatic heterocycles. The van der Waals surface area contributed by atoms with Crippen molar-refractivity contribution in [1.29, 1.82) is 0 Å². The van der Waals surface area contributed by atoms with Gasteiger partial charge >= 0.3 is 0 Å². The molecule has 1 aromatic carbocycles. The lowest BCUT2D eigenvalue weighted by molar-refractivity contribution is 0.0949. The highest BCUT2D eigenvalue weighted by molar-refractivity contribution is 5.91. The van der Waals surface area contributed by atoms with Crippen LogP contribution in [0.1, 0.15) is 16.1 Å². The van der Waals surface area contributed by atoms with Crippen LogP contribution in [-0.2, 0) is 6.42 Å². The van der Waals surface area contributed by atoms with E-state index in [0.717, 1.165) is 22.9 Å². The van der Waals surface area contributed by atoms with Gasteiger partial charge < -0.3 is 5.32 Å². The largest absolute Gasteiger partial charge is 0.350 e. The van der Waals surface area contributed by atoms with Crippen molar-refractivity contribution in [3.05, 3.63) is 66.4 Å². The minimum Gasteiger partial charge on any atom is -0.350 e. The van der Waals surface area contributed by atoms with Gasteiger partial charge in [0.05, 0.1) is 11.7 Å². The van der Waals surface area contributed by atoms with Gasteiger partial charge in [0.2, 0.25) is 0 Å². The number of nitrogens with one attached hydrogen (secondary N) is 1. The number of benzene rings is 1. The highest BCUT2D eigenvalue weighted by atomic mass is 16.1. The van der Waals surface area contributed by atoms with E-state index in [1.807, 2.05) is 30.3 Å². The molecule has 5 heteroatoms. The molecule has 0 radical (unpaired) electrons. The fourth-order valence-corrected chi connectivity index (χ4v) is 2.19. The summed E-state index contributed by atoms with van der Waals surface area (Å²) in [6.07, 6.45) is 7.00. The molecule has 0 aliphatic rings. The van der Waals surface area contributed by atoms with Gasteiger partial charge in [-0.1, -0.05) is 24.3 Å². The molecule has 0 unspecified atom stereocenters. The molecule has 0 fully saturated rings. The zero-order valence-electron chi connectivity index (χ0n) is 11.4. The van der Waals surface area contributed by atoms with Crippen molar-refractivity contribution >= 4 is 16.8 Å². The topological polar surface area (TPSA) is 67.8 Å². The lowest BCUT2D eigenvalue weighted by Crippen LogP contribution is -2.26. The number of fused-ring (bicyclic) bond motifs is 1. The second-order valence-corrected chi connectivity index (χ2v) is 4.59. The minimum atomic E-state index is -0.212. The molecule has 0 atom stereocenters. The van der Waals surface area contributed by atoms with E-state index in [4.69, 9.17) is 0 Å². The maximum Gasteiger partial charge on any atom is 0.271 e. The second-order valence-electron chi connectivity index (χ2n) is 4.59. The van der Waals surface area contributed by atoms with Gasteiger partial charge in [0.1, 0.15) is 5.69 Å². The molecule has 3 aromatic rings. The molecule has 0 aliphatic heterocycles. The van der Waals surface area contributed by atoms with E-state index in [9.17, 15) is 4.79 Å². The first-order valence-electron chi connectivity index (χ1n) is 6.71. The molecule has 2 heterocycles. The van der Waals surface area contributed by atoms with Crippen LogP contribution in [0.3, 0.4) is 0 Å². The van der Waals surface area contributed by atoms with Crippen molar-refractivity contribution in [2.75, 3.05) is 6.54 Å². The van der Waals surface area contributed by atoms with Crippen molar-refractivity contribution in [2.24, 2.45) is 0 Å². The van der Waals surface area contributed by atoms with E-state index in [1.165, 1.54) is 12.4 Å². The van der Waals surface area contributed by atoms with Crippen molar-refractivity contribution in [3.8, 4) is 0 Å². The maximum atomic E-state index is 11.9. The van der Waals surface area contributed by atoms with Gasteiger partial charge in [0.15, 0.2) is 0 Å². The molecule has 104 valence electrons. The van der Waals surface area contributed by atoms with Crippen molar-refractivity contribution in [1.82, 2.24) is 20.3 Å². The molecule has 5 nitrogen and oxygen atoms in total. The Morgan fingerprint density at radius 2 is 1.95 bits per heavy atom. The van der Waals surface area contributed by atoms with E-state index in [0.29, 0.717) is 12.2 Å². The third-order valence-electron chi connectivity index (χ3n) is 3.19. The van der Waals surface area contributed by atoms with Crippen LogP contribution in [0.4, 0.5) is 0 Å². The number of hydrogen-bond acceptors (Lipinski definition) is 4. The van der Waals surface area contributed by atoms with Gasteiger partial charge in [-0.25, -0.2) is 4.98 Å². The molecule has 21 heavy (non-hydrogen) atoms. The van der Waals surface area contributed by atoms with Gasteiger partial charge in [-0.3, -0.25) is 14.8 Å². The first kappa shape index (κ1) is 13.2. The molecule has 0 aliphatic carbocycles. The Balaban J connectivity index is 1.66. The Morgan fingerprint density at radius 1 is 1.05 bits per heavy atom. The second kappa shape index (κ2) is 6.09. The van der Waals surface area contributed by atoms with Crippen LogP contribution < -0.4 is 5.32 Å². The summed E-state index contributed by atoms with van der Waals surface area (Å²) in [5, 5.41) is 3.95. The van der Waals surface area contributed by atoms with E-state index >= 15 is 0 Å². The first-order valence-corrected chi connectivity index (χ1v) is 6.71. The third-order valence-corrected chi connectivity index (χ3v) is 3.19. The molecule has 0 bridgehead atoms.